The van der Waals surface area contributed by atoms with Crippen LogP contribution in [0.5, 0.6) is 0 Å². The minimum Gasteiger partial charge on any atom is -0.370 e. The number of hydrogen-bond acceptors (Lipinski definition) is 5. The summed E-state index contributed by atoms with van der Waals surface area (Å²) in [5, 5.41) is 2.22. The van der Waals surface area contributed by atoms with E-state index in [-0.39, 0.29) is 44.5 Å². The highest BCUT2D eigenvalue weighted by Crippen LogP contribution is 2.38. The van der Waals surface area contributed by atoms with Crippen molar-refractivity contribution >= 4 is 23.2 Å². The van der Waals surface area contributed by atoms with Crippen molar-refractivity contribution in [1.82, 2.24) is 4.90 Å². The van der Waals surface area contributed by atoms with E-state index in [9.17, 15) is 31.5 Å². The summed E-state index contributed by atoms with van der Waals surface area (Å²) in [6, 6.07) is 1.91. The number of alkyl halides is 5. The molecule has 2 fully saturated rings. The van der Waals surface area contributed by atoms with Gasteiger partial charge in [-0.15, -0.1) is 0 Å². The van der Waals surface area contributed by atoms with E-state index in [2.05, 4.69) is 5.32 Å². The molecule has 33 heavy (non-hydrogen) atoms. The molecule has 1 atom stereocenters. The van der Waals surface area contributed by atoms with Crippen molar-refractivity contribution in [3.05, 3.63) is 23.8 Å². The normalized spacial score (nSPS) is 18.5. The lowest BCUT2D eigenvalue weighted by Crippen LogP contribution is -2.52. The van der Waals surface area contributed by atoms with E-state index in [1.165, 1.54) is 15.9 Å². The number of nitrogens with one attached hydrogen (secondary N) is 1. The summed E-state index contributed by atoms with van der Waals surface area (Å²) >= 11 is 0. The van der Waals surface area contributed by atoms with E-state index in [1.807, 2.05) is 0 Å². The summed E-state index contributed by atoms with van der Waals surface area (Å²) in [5.41, 5.74) is 4.01. The molecule has 0 radical (unpaired) electrons. The molecule has 3 N–H and O–H groups in total. The number of ether oxygens (including phenoxy) is 1. The van der Waals surface area contributed by atoms with E-state index < -0.39 is 48.3 Å². The Labute approximate surface area is 188 Å². The molecular weight excluding hydrogens is 451 g/mol. The fourth-order valence-electron chi connectivity index (χ4n) is 3.99. The van der Waals surface area contributed by atoms with Gasteiger partial charge in [-0.2, -0.15) is 13.2 Å². The van der Waals surface area contributed by atoms with Gasteiger partial charge in [0.15, 0.2) is 0 Å². The van der Waals surface area contributed by atoms with Crippen molar-refractivity contribution in [2.24, 2.45) is 11.7 Å². The van der Waals surface area contributed by atoms with Crippen LogP contribution in [0.4, 0.5) is 33.3 Å². The van der Waals surface area contributed by atoms with Gasteiger partial charge in [0.25, 0.3) is 12.3 Å². The maximum absolute atomic E-state index is 13.8. The third-order valence-corrected chi connectivity index (χ3v) is 5.92. The Morgan fingerprint density at radius 1 is 1.30 bits per heavy atom. The first-order valence-electron chi connectivity index (χ1n) is 10.7. The van der Waals surface area contributed by atoms with Crippen LogP contribution in [0.2, 0.25) is 0 Å². The van der Waals surface area contributed by atoms with Crippen molar-refractivity contribution in [3.63, 3.8) is 0 Å². The topological polar surface area (TPSA) is 87.9 Å². The second-order valence-electron chi connectivity index (χ2n) is 8.21. The molecule has 1 aromatic carbocycles. The number of carbonyl (C=O) groups excluding carboxylic acids is 2. The number of hydrogen-bond donors (Lipinski definition) is 2. The summed E-state index contributed by atoms with van der Waals surface area (Å²) in [6.07, 6.45) is -4.89. The second kappa shape index (κ2) is 10.7. The molecule has 12 heteroatoms. The molecule has 0 bridgehead atoms. The molecule has 0 spiro atoms. The van der Waals surface area contributed by atoms with Crippen LogP contribution in [0, 0.1) is 5.92 Å². The molecule has 2 aliphatic rings. The van der Waals surface area contributed by atoms with E-state index >= 15 is 0 Å². The quantitative estimate of drug-likeness (QED) is 0.533. The number of halogens is 5. The van der Waals surface area contributed by atoms with Crippen LogP contribution < -0.4 is 16.0 Å². The van der Waals surface area contributed by atoms with E-state index in [1.54, 1.807) is 0 Å². The molecule has 2 amide bonds. The highest BCUT2D eigenvalue weighted by molar-refractivity contribution is 5.98. The molecule has 0 aromatic heterocycles. The Hall–Kier alpha value is -2.31. The first kappa shape index (κ1) is 25.3. The summed E-state index contributed by atoms with van der Waals surface area (Å²) in [4.78, 5) is 27.3. The van der Waals surface area contributed by atoms with Gasteiger partial charge in [-0.1, -0.05) is 6.42 Å². The van der Waals surface area contributed by atoms with Crippen LogP contribution in [0.3, 0.4) is 0 Å². The van der Waals surface area contributed by atoms with Crippen LogP contribution in [0.15, 0.2) is 18.2 Å². The molecule has 3 rings (SSSR count). The molecular formula is C21H27F5N4O3. The third kappa shape index (κ3) is 6.39. The van der Waals surface area contributed by atoms with Crippen LogP contribution >= 0.6 is 0 Å². The fourth-order valence-corrected chi connectivity index (χ4v) is 3.99. The van der Waals surface area contributed by atoms with E-state index in [0.717, 1.165) is 31.4 Å². The number of nitrogens with zero attached hydrogens (tertiary/aromatic N) is 2. The minimum atomic E-state index is -4.83. The van der Waals surface area contributed by atoms with Crippen molar-refractivity contribution < 1.29 is 36.3 Å². The second-order valence-corrected chi connectivity index (χ2v) is 8.21. The summed E-state index contributed by atoms with van der Waals surface area (Å²) < 4.78 is 72.5. The average molecular weight is 478 g/mol. The van der Waals surface area contributed by atoms with Gasteiger partial charge in [0.2, 0.25) is 5.91 Å². The predicted molar refractivity (Wildman–Crippen MR) is 111 cm³/mol. The lowest BCUT2D eigenvalue weighted by Gasteiger charge is -2.36. The molecule has 1 aliphatic carbocycles. The lowest BCUT2D eigenvalue weighted by molar-refractivity contribution is -0.137. The zero-order valence-corrected chi connectivity index (χ0v) is 17.9. The lowest BCUT2D eigenvalue weighted by atomic mass is 9.85. The monoisotopic (exact) mass is 478 g/mol. The van der Waals surface area contributed by atoms with Crippen molar-refractivity contribution in [1.29, 1.82) is 0 Å². The molecule has 1 saturated carbocycles. The average Bonchev–Trinajstić information content (AvgIpc) is 2.70. The molecule has 1 aromatic rings. The fraction of sp³-hybridized carbons (Fsp3) is 0.619. The molecule has 7 nitrogen and oxygen atoms in total. The number of nitrogens with two attached hydrogens (primary N) is 1. The number of carbonyl (C=O) groups is 2. The largest absolute Gasteiger partial charge is 0.418 e. The van der Waals surface area contributed by atoms with Gasteiger partial charge < -0.3 is 20.7 Å². The summed E-state index contributed by atoms with van der Waals surface area (Å²) in [6.45, 7) is -0.753. The zero-order chi connectivity index (χ0) is 24.2. The van der Waals surface area contributed by atoms with Crippen LogP contribution in [-0.4, -0.2) is 68.6 Å². The van der Waals surface area contributed by atoms with E-state index in [0.29, 0.717) is 0 Å². The van der Waals surface area contributed by atoms with Crippen molar-refractivity contribution in [2.45, 2.75) is 37.9 Å². The summed E-state index contributed by atoms with van der Waals surface area (Å²) in [7, 11) is 0. The number of anilines is 2. The van der Waals surface area contributed by atoms with Crippen LogP contribution in [0.1, 0.15) is 24.8 Å². The molecule has 1 aliphatic heterocycles. The Balaban J connectivity index is 1.83. The highest BCUT2D eigenvalue weighted by atomic mass is 19.4. The van der Waals surface area contributed by atoms with Crippen LogP contribution in [0.25, 0.3) is 0 Å². The van der Waals surface area contributed by atoms with Gasteiger partial charge in [0.1, 0.15) is 12.6 Å². The first-order valence-corrected chi connectivity index (χ1v) is 10.7. The number of amides is 2. The molecule has 184 valence electrons. The van der Waals surface area contributed by atoms with Gasteiger partial charge in [0.05, 0.1) is 24.4 Å². The van der Waals surface area contributed by atoms with Gasteiger partial charge in [-0.3, -0.25) is 14.5 Å². The summed E-state index contributed by atoms with van der Waals surface area (Å²) in [5.74, 6) is -1.21. The van der Waals surface area contributed by atoms with Gasteiger partial charge in [-0.05, 0) is 37.0 Å². The molecule has 0 unspecified atom stereocenters. The Morgan fingerprint density at radius 3 is 2.58 bits per heavy atom. The minimum absolute atomic E-state index is 0.0216. The zero-order valence-electron chi connectivity index (χ0n) is 17.9. The SMILES string of the molecule is NC[C@H](C(=O)Nc1ccc(N2CCOCC2=O)cc1C(F)(F)F)N(CC(F)F)CC1CCC1. The predicted octanol–water partition coefficient (Wildman–Crippen LogP) is 2.70. The maximum Gasteiger partial charge on any atom is 0.418 e. The van der Waals surface area contributed by atoms with E-state index in [4.69, 9.17) is 10.5 Å². The van der Waals surface area contributed by atoms with Crippen LogP contribution in [-0.2, 0) is 20.5 Å². The first-order chi connectivity index (χ1) is 15.6. The number of rotatable bonds is 9. The Morgan fingerprint density at radius 2 is 2.03 bits per heavy atom. The third-order valence-electron chi connectivity index (χ3n) is 5.92. The Kier molecular flexibility index (Phi) is 8.24. The smallest absolute Gasteiger partial charge is 0.370 e. The van der Waals surface area contributed by atoms with Crippen molar-refractivity contribution in [3.8, 4) is 0 Å². The van der Waals surface area contributed by atoms with Gasteiger partial charge in [0, 0.05) is 25.3 Å². The number of benzene rings is 1. The van der Waals surface area contributed by atoms with Crippen molar-refractivity contribution in [2.75, 3.05) is 49.6 Å². The number of morpholine rings is 1. The standard InChI is InChI=1S/C21H27F5N4O3/c22-18(23)11-29(10-13-2-1-3-13)17(9-27)20(32)28-16-5-4-14(8-15(16)21(24,25)26)30-6-7-33-12-19(30)31/h4-5,8,13,17-18H,1-3,6-7,9-12,27H2,(H,28,32)/t17-/m1/s1. The molecule has 1 saturated heterocycles. The molecule has 1 heterocycles. The van der Waals surface area contributed by atoms with Gasteiger partial charge >= 0.3 is 6.18 Å². The highest BCUT2D eigenvalue weighted by Gasteiger charge is 2.37. The van der Waals surface area contributed by atoms with Gasteiger partial charge in [-0.25, -0.2) is 8.78 Å². The Bertz CT molecular complexity index is 848. The maximum atomic E-state index is 13.8.